The number of nitrogens with one attached hydrogen (secondary N) is 2. The molecule has 0 aliphatic heterocycles. The number of aromatic nitrogens is 2. The smallest absolute Gasteiger partial charge is 0.241 e. The van der Waals surface area contributed by atoms with Crippen molar-refractivity contribution in [2.24, 2.45) is 13.0 Å². The fourth-order valence-corrected chi connectivity index (χ4v) is 3.92. The maximum atomic E-state index is 12.6. The Balaban J connectivity index is 2.03. The van der Waals surface area contributed by atoms with E-state index < -0.39 is 16.1 Å². The second-order valence-corrected chi connectivity index (χ2v) is 8.83. The van der Waals surface area contributed by atoms with Crippen LogP contribution in [0.2, 0.25) is 0 Å². The molecule has 1 atom stereocenters. The summed E-state index contributed by atoms with van der Waals surface area (Å²) >= 11 is 0. The first-order valence-corrected chi connectivity index (χ1v) is 10.5. The number of aryl methyl sites for hydroxylation is 2. The first-order chi connectivity index (χ1) is 12.7. The molecule has 0 aliphatic rings. The molecule has 1 aromatic carbocycles. The SMILES string of the molecule is Cc1ccc(S(=O)(=O)NC(CC(C)C)C(=O)NCCc2nccn2C)cc1. The van der Waals surface area contributed by atoms with E-state index in [4.69, 9.17) is 0 Å². The van der Waals surface area contributed by atoms with Crippen LogP contribution in [-0.2, 0) is 28.3 Å². The molecule has 1 heterocycles. The van der Waals surface area contributed by atoms with Crippen LogP contribution in [0.5, 0.6) is 0 Å². The number of sulfonamides is 1. The van der Waals surface area contributed by atoms with Crippen LogP contribution >= 0.6 is 0 Å². The highest BCUT2D eigenvalue weighted by molar-refractivity contribution is 7.89. The minimum atomic E-state index is -3.77. The van der Waals surface area contributed by atoms with E-state index in [-0.39, 0.29) is 16.7 Å². The third-order valence-electron chi connectivity index (χ3n) is 4.22. The molecule has 1 aromatic heterocycles. The van der Waals surface area contributed by atoms with Crippen molar-refractivity contribution in [3.8, 4) is 0 Å². The molecule has 2 rings (SSSR count). The monoisotopic (exact) mass is 392 g/mol. The van der Waals surface area contributed by atoms with Gasteiger partial charge in [-0.3, -0.25) is 4.79 Å². The predicted octanol–water partition coefficient (Wildman–Crippen LogP) is 1.78. The summed E-state index contributed by atoms with van der Waals surface area (Å²) in [5.41, 5.74) is 0.972. The molecule has 2 N–H and O–H groups in total. The van der Waals surface area contributed by atoms with E-state index in [1.807, 2.05) is 38.6 Å². The number of imidazole rings is 1. The van der Waals surface area contributed by atoms with Gasteiger partial charge in [-0.05, 0) is 31.4 Å². The number of carbonyl (C=O) groups is 1. The van der Waals surface area contributed by atoms with Crippen LogP contribution in [0.4, 0.5) is 0 Å². The van der Waals surface area contributed by atoms with E-state index in [1.165, 1.54) is 0 Å². The topological polar surface area (TPSA) is 93.1 Å². The molecule has 0 radical (unpaired) electrons. The molecule has 0 aliphatic carbocycles. The zero-order valence-electron chi connectivity index (χ0n) is 16.3. The number of amides is 1. The van der Waals surface area contributed by atoms with E-state index in [1.54, 1.807) is 30.5 Å². The number of carbonyl (C=O) groups excluding carboxylic acids is 1. The summed E-state index contributed by atoms with van der Waals surface area (Å²) in [5.74, 6) is 0.695. The molecule has 0 bridgehead atoms. The van der Waals surface area contributed by atoms with Crippen LogP contribution in [0, 0.1) is 12.8 Å². The van der Waals surface area contributed by atoms with E-state index in [0.29, 0.717) is 19.4 Å². The van der Waals surface area contributed by atoms with Gasteiger partial charge < -0.3 is 9.88 Å². The molecule has 148 valence electrons. The third-order valence-corrected chi connectivity index (χ3v) is 5.71. The van der Waals surface area contributed by atoms with Crippen molar-refractivity contribution in [3.63, 3.8) is 0 Å². The molecule has 0 spiro atoms. The van der Waals surface area contributed by atoms with Gasteiger partial charge in [0.25, 0.3) is 0 Å². The second-order valence-electron chi connectivity index (χ2n) is 7.11. The number of nitrogens with zero attached hydrogens (tertiary/aromatic N) is 2. The van der Waals surface area contributed by atoms with Crippen molar-refractivity contribution in [2.45, 2.75) is 44.6 Å². The van der Waals surface area contributed by atoms with Crippen LogP contribution in [0.1, 0.15) is 31.7 Å². The Hall–Kier alpha value is -2.19. The molecule has 7 nitrogen and oxygen atoms in total. The Labute approximate surface area is 161 Å². The lowest BCUT2D eigenvalue weighted by atomic mass is 10.0. The van der Waals surface area contributed by atoms with Crippen molar-refractivity contribution in [1.29, 1.82) is 0 Å². The summed E-state index contributed by atoms with van der Waals surface area (Å²) in [7, 11) is -1.88. The van der Waals surface area contributed by atoms with E-state index in [9.17, 15) is 13.2 Å². The molecule has 2 aromatic rings. The van der Waals surface area contributed by atoms with Crippen LogP contribution in [0.15, 0.2) is 41.6 Å². The molecule has 27 heavy (non-hydrogen) atoms. The van der Waals surface area contributed by atoms with Crippen molar-refractivity contribution < 1.29 is 13.2 Å². The summed E-state index contributed by atoms with van der Waals surface area (Å²) in [6.07, 6.45) is 4.54. The Kier molecular flexibility index (Phi) is 7.15. The van der Waals surface area contributed by atoms with Gasteiger partial charge in [0, 0.05) is 32.4 Å². The van der Waals surface area contributed by atoms with Gasteiger partial charge in [-0.1, -0.05) is 31.5 Å². The average molecular weight is 393 g/mol. The highest BCUT2D eigenvalue weighted by Crippen LogP contribution is 2.13. The number of hydrogen-bond donors (Lipinski definition) is 2. The normalized spacial score (nSPS) is 12.9. The Morgan fingerprint density at radius 1 is 1.22 bits per heavy atom. The van der Waals surface area contributed by atoms with Crippen LogP contribution in [0.3, 0.4) is 0 Å². The Morgan fingerprint density at radius 2 is 1.89 bits per heavy atom. The first kappa shape index (κ1) is 21.1. The van der Waals surface area contributed by atoms with Crippen molar-refractivity contribution in [2.75, 3.05) is 6.54 Å². The molecule has 0 saturated heterocycles. The molecule has 0 saturated carbocycles. The van der Waals surface area contributed by atoms with Gasteiger partial charge in [-0.25, -0.2) is 13.4 Å². The zero-order chi connectivity index (χ0) is 20.0. The maximum absolute atomic E-state index is 12.6. The molecule has 8 heteroatoms. The first-order valence-electron chi connectivity index (χ1n) is 9.02. The van der Waals surface area contributed by atoms with Gasteiger partial charge in [-0.15, -0.1) is 0 Å². The fraction of sp³-hybridized carbons (Fsp3) is 0.474. The standard InChI is InChI=1S/C19H28N4O3S/c1-14(2)13-17(19(24)21-10-9-18-20-11-12-23(18)4)22-27(25,26)16-7-5-15(3)6-8-16/h5-8,11-12,14,17,22H,9-10,13H2,1-4H3,(H,21,24). The van der Waals surface area contributed by atoms with Gasteiger partial charge in [0.2, 0.25) is 15.9 Å². The van der Waals surface area contributed by atoms with Gasteiger partial charge in [-0.2, -0.15) is 4.72 Å². The van der Waals surface area contributed by atoms with Gasteiger partial charge >= 0.3 is 0 Å². The van der Waals surface area contributed by atoms with Crippen LogP contribution < -0.4 is 10.0 Å². The number of hydrogen-bond acceptors (Lipinski definition) is 4. The quantitative estimate of drug-likeness (QED) is 0.680. The highest BCUT2D eigenvalue weighted by Gasteiger charge is 2.26. The lowest BCUT2D eigenvalue weighted by Gasteiger charge is -2.20. The summed E-state index contributed by atoms with van der Waals surface area (Å²) in [5, 5.41) is 2.82. The van der Waals surface area contributed by atoms with Gasteiger partial charge in [0.05, 0.1) is 4.90 Å². The van der Waals surface area contributed by atoms with Gasteiger partial charge in [0.15, 0.2) is 0 Å². The van der Waals surface area contributed by atoms with Crippen LogP contribution in [0.25, 0.3) is 0 Å². The van der Waals surface area contributed by atoms with Crippen molar-refractivity contribution in [3.05, 3.63) is 48.0 Å². The number of benzene rings is 1. The zero-order valence-corrected chi connectivity index (χ0v) is 17.1. The summed E-state index contributed by atoms with van der Waals surface area (Å²) in [6.45, 7) is 6.19. The third kappa shape index (κ3) is 6.18. The minimum Gasteiger partial charge on any atom is -0.354 e. The predicted molar refractivity (Wildman–Crippen MR) is 105 cm³/mol. The molecule has 1 unspecified atom stereocenters. The molecular weight excluding hydrogens is 364 g/mol. The average Bonchev–Trinajstić information content (AvgIpc) is 2.99. The lowest BCUT2D eigenvalue weighted by molar-refractivity contribution is -0.123. The number of rotatable bonds is 9. The Bertz CT molecular complexity index is 857. The fourth-order valence-electron chi connectivity index (χ4n) is 2.71. The molecule has 1 amide bonds. The molecular formula is C19H28N4O3S. The second kappa shape index (κ2) is 9.14. The largest absolute Gasteiger partial charge is 0.354 e. The maximum Gasteiger partial charge on any atom is 0.241 e. The summed E-state index contributed by atoms with van der Waals surface area (Å²) in [6, 6.07) is 5.74. The van der Waals surface area contributed by atoms with E-state index in [2.05, 4.69) is 15.0 Å². The van der Waals surface area contributed by atoms with E-state index in [0.717, 1.165) is 11.4 Å². The van der Waals surface area contributed by atoms with E-state index >= 15 is 0 Å². The Morgan fingerprint density at radius 3 is 2.44 bits per heavy atom. The highest BCUT2D eigenvalue weighted by atomic mass is 32.2. The van der Waals surface area contributed by atoms with Crippen molar-refractivity contribution >= 4 is 15.9 Å². The van der Waals surface area contributed by atoms with Crippen LogP contribution in [-0.4, -0.2) is 36.5 Å². The summed E-state index contributed by atoms with van der Waals surface area (Å²) in [4.78, 5) is 17.0. The molecule has 0 fully saturated rings. The minimum absolute atomic E-state index is 0.155. The summed E-state index contributed by atoms with van der Waals surface area (Å²) < 4.78 is 29.7. The van der Waals surface area contributed by atoms with Crippen molar-refractivity contribution in [1.82, 2.24) is 19.6 Å². The van der Waals surface area contributed by atoms with Gasteiger partial charge in [0.1, 0.15) is 11.9 Å². The lowest BCUT2D eigenvalue weighted by Crippen LogP contribution is -2.47.